The molecule has 1 aliphatic heterocycles. The second kappa shape index (κ2) is 5.09. The number of aromatic nitrogens is 1. The average Bonchev–Trinajstić information content (AvgIpc) is 3.08. The zero-order valence-electron chi connectivity index (χ0n) is 11.3. The zero-order valence-corrected chi connectivity index (χ0v) is 11.3. The van der Waals surface area contributed by atoms with Crippen molar-refractivity contribution in [2.45, 2.75) is 19.4 Å². The van der Waals surface area contributed by atoms with E-state index in [2.05, 4.69) is 10.1 Å². The molecular formula is C14H18N2O3. The van der Waals surface area contributed by atoms with Crippen molar-refractivity contribution in [1.29, 1.82) is 0 Å². The fourth-order valence-electron chi connectivity index (χ4n) is 2.58. The highest BCUT2D eigenvalue weighted by Gasteiger charge is 2.18. The van der Waals surface area contributed by atoms with Gasteiger partial charge in [0.25, 0.3) is 0 Å². The topological polar surface area (TPSA) is 47.7 Å². The first-order chi connectivity index (χ1) is 9.31. The van der Waals surface area contributed by atoms with Crippen LogP contribution in [0.5, 0.6) is 11.5 Å². The van der Waals surface area contributed by atoms with Gasteiger partial charge in [-0.3, -0.25) is 4.90 Å². The smallest absolute Gasteiger partial charge is 0.171 e. The summed E-state index contributed by atoms with van der Waals surface area (Å²) in [5.74, 6) is 1.37. The number of rotatable bonds is 4. The summed E-state index contributed by atoms with van der Waals surface area (Å²) in [6.07, 6.45) is 2.54. The molecule has 2 heterocycles. The molecule has 1 aliphatic rings. The van der Waals surface area contributed by atoms with Gasteiger partial charge in [0, 0.05) is 12.6 Å². The summed E-state index contributed by atoms with van der Waals surface area (Å²) in [6, 6.07) is 3.77. The minimum Gasteiger partial charge on any atom is -0.493 e. The molecule has 0 N–H and O–H groups in total. The summed E-state index contributed by atoms with van der Waals surface area (Å²) in [4.78, 5) is 2.40. The lowest BCUT2D eigenvalue weighted by Gasteiger charge is -2.12. The number of methoxy groups -OCH3 is 2. The van der Waals surface area contributed by atoms with Crippen LogP contribution < -0.4 is 9.47 Å². The van der Waals surface area contributed by atoms with Gasteiger partial charge in [-0.15, -0.1) is 0 Å². The molecule has 2 aromatic rings. The molecule has 1 aromatic carbocycles. The summed E-state index contributed by atoms with van der Waals surface area (Å²) in [5, 5.41) is 5.19. The van der Waals surface area contributed by atoms with Gasteiger partial charge in [0.1, 0.15) is 5.69 Å². The number of ether oxygens (including phenoxy) is 2. The van der Waals surface area contributed by atoms with Gasteiger partial charge in [0.2, 0.25) is 0 Å². The molecule has 0 unspecified atom stereocenters. The normalized spacial score (nSPS) is 16.1. The lowest BCUT2D eigenvalue weighted by Crippen LogP contribution is -2.18. The summed E-state index contributed by atoms with van der Waals surface area (Å²) in [6.45, 7) is 3.12. The molecule has 0 spiro atoms. The van der Waals surface area contributed by atoms with Crippen LogP contribution in [-0.2, 0) is 6.54 Å². The number of hydrogen-bond acceptors (Lipinski definition) is 5. The predicted octanol–water partition coefficient (Wildman–Crippen LogP) is 2.44. The van der Waals surface area contributed by atoms with Crippen molar-refractivity contribution in [2.24, 2.45) is 0 Å². The van der Waals surface area contributed by atoms with E-state index in [0.717, 1.165) is 36.3 Å². The van der Waals surface area contributed by atoms with Crippen LogP contribution in [0.15, 0.2) is 16.7 Å². The largest absolute Gasteiger partial charge is 0.493 e. The Balaban J connectivity index is 1.96. The standard InChI is InChI=1S/C14H18N2O3/c1-17-13-7-10-11(9-16-5-3-4-6-16)15-19-12(10)8-14(13)18-2/h7-8H,3-6,9H2,1-2H3. The first-order valence-corrected chi connectivity index (χ1v) is 6.54. The molecular weight excluding hydrogens is 244 g/mol. The summed E-state index contributed by atoms with van der Waals surface area (Å²) in [5.41, 5.74) is 1.71. The quantitative estimate of drug-likeness (QED) is 0.847. The third kappa shape index (κ3) is 2.26. The Kier molecular flexibility index (Phi) is 3.29. The Labute approximate surface area is 112 Å². The predicted molar refractivity (Wildman–Crippen MR) is 71.6 cm³/mol. The van der Waals surface area contributed by atoms with E-state index < -0.39 is 0 Å². The third-order valence-corrected chi connectivity index (χ3v) is 3.62. The Morgan fingerprint density at radius 2 is 1.84 bits per heavy atom. The summed E-state index contributed by atoms with van der Waals surface area (Å²) >= 11 is 0. The second-order valence-corrected chi connectivity index (χ2v) is 4.82. The Bertz CT molecular complexity index is 573. The average molecular weight is 262 g/mol. The van der Waals surface area contributed by atoms with Gasteiger partial charge in [-0.2, -0.15) is 0 Å². The molecule has 1 aromatic heterocycles. The lowest BCUT2D eigenvalue weighted by molar-refractivity contribution is 0.317. The number of fused-ring (bicyclic) bond motifs is 1. The first-order valence-electron chi connectivity index (χ1n) is 6.54. The minimum absolute atomic E-state index is 0.666. The van der Waals surface area contributed by atoms with Crippen LogP contribution in [0, 0.1) is 0 Å². The third-order valence-electron chi connectivity index (χ3n) is 3.62. The number of likely N-dealkylation sites (tertiary alicyclic amines) is 1. The van der Waals surface area contributed by atoms with Crippen LogP contribution in [0.2, 0.25) is 0 Å². The number of nitrogens with zero attached hydrogens (tertiary/aromatic N) is 2. The highest BCUT2D eigenvalue weighted by molar-refractivity contribution is 5.83. The van der Waals surface area contributed by atoms with Crippen molar-refractivity contribution in [3.8, 4) is 11.5 Å². The Morgan fingerprint density at radius 3 is 2.53 bits per heavy atom. The molecule has 102 valence electrons. The van der Waals surface area contributed by atoms with Crippen molar-refractivity contribution >= 4 is 11.0 Å². The van der Waals surface area contributed by atoms with Crippen molar-refractivity contribution in [3.05, 3.63) is 17.8 Å². The highest BCUT2D eigenvalue weighted by Crippen LogP contribution is 2.34. The van der Waals surface area contributed by atoms with Crippen LogP contribution >= 0.6 is 0 Å². The van der Waals surface area contributed by atoms with E-state index in [0.29, 0.717) is 11.5 Å². The van der Waals surface area contributed by atoms with Gasteiger partial charge < -0.3 is 14.0 Å². The first kappa shape index (κ1) is 12.3. The Morgan fingerprint density at radius 1 is 1.16 bits per heavy atom. The van der Waals surface area contributed by atoms with Crippen LogP contribution in [0.3, 0.4) is 0 Å². The monoisotopic (exact) mass is 262 g/mol. The van der Waals surface area contributed by atoms with E-state index in [1.165, 1.54) is 12.8 Å². The molecule has 0 atom stereocenters. The van der Waals surface area contributed by atoms with Crippen molar-refractivity contribution in [2.75, 3.05) is 27.3 Å². The van der Waals surface area contributed by atoms with Gasteiger partial charge in [-0.1, -0.05) is 5.16 Å². The van der Waals surface area contributed by atoms with Crippen LogP contribution in [0.1, 0.15) is 18.5 Å². The fraction of sp³-hybridized carbons (Fsp3) is 0.500. The van der Waals surface area contributed by atoms with Crippen molar-refractivity contribution in [1.82, 2.24) is 10.1 Å². The summed E-state index contributed by atoms with van der Waals surface area (Å²) in [7, 11) is 3.25. The van der Waals surface area contributed by atoms with E-state index in [1.54, 1.807) is 14.2 Å². The van der Waals surface area contributed by atoms with Crippen molar-refractivity contribution < 1.29 is 14.0 Å². The SMILES string of the molecule is COc1cc2onc(CN3CCCC3)c2cc1OC. The van der Waals surface area contributed by atoms with E-state index in [9.17, 15) is 0 Å². The maximum Gasteiger partial charge on any atom is 0.171 e. The molecule has 19 heavy (non-hydrogen) atoms. The molecule has 0 bridgehead atoms. The molecule has 0 radical (unpaired) electrons. The molecule has 1 saturated heterocycles. The Hall–Kier alpha value is -1.75. The second-order valence-electron chi connectivity index (χ2n) is 4.82. The maximum absolute atomic E-state index is 5.39. The van der Waals surface area contributed by atoms with Crippen molar-refractivity contribution in [3.63, 3.8) is 0 Å². The highest BCUT2D eigenvalue weighted by atomic mass is 16.5. The molecule has 3 rings (SSSR count). The van der Waals surface area contributed by atoms with Crippen LogP contribution in [0.4, 0.5) is 0 Å². The van der Waals surface area contributed by atoms with Gasteiger partial charge in [0.15, 0.2) is 17.1 Å². The van der Waals surface area contributed by atoms with E-state index in [-0.39, 0.29) is 0 Å². The van der Waals surface area contributed by atoms with Crippen LogP contribution in [0.25, 0.3) is 11.0 Å². The van der Waals surface area contributed by atoms with Gasteiger partial charge in [-0.25, -0.2) is 0 Å². The number of benzene rings is 1. The van der Waals surface area contributed by atoms with E-state index in [4.69, 9.17) is 14.0 Å². The van der Waals surface area contributed by atoms with Gasteiger partial charge >= 0.3 is 0 Å². The van der Waals surface area contributed by atoms with E-state index >= 15 is 0 Å². The molecule has 0 saturated carbocycles. The lowest BCUT2D eigenvalue weighted by atomic mass is 10.2. The summed E-state index contributed by atoms with van der Waals surface area (Å²) < 4.78 is 16.0. The molecule has 0 amide bonds. The fourth-order valence-corrected chi connectivity index (χ4v) is 2.58. The molecule has 1 fully saturated rings. The van der Waals surface area contributed by atoms with Crippen LogP contribution in [-0.4, -0.2) is 37.4 Å². The van der Waals surface area contributed by atoms with E-state index in [1.807, 2.05) is 12.1 Å². The number of hydrogen-bond donors (Lipinski definition) is 0. The molecule has 5 nitrogen and oxygen atoms in total. The van der Waals surface area contributed by atoms with Gasteiger partial charge in [0.05, 0.1) is 19.6 Å². The maximum atomic E-state index is 5.39. The minimum atomic E-state index is 0.666. The zero-order chi connectivity index (χ0) is 13.2. The van der Waals surface area contributed by atoms with Gasteiger partial charge in [-0.05, 0) is 32.0 Å². The molecule has 5 heteroatoms. The molecule has 0 aliphatic carbocycles.